The van der Waals surface area contributed by atoms with Gasteiger partial charge in [-0.1, -0.05) is 55.3 Å². The lowest BCUT2D eigenvalue weighted by Gasteiger charge is -2.26. The molecule has 3 aromatic rings. The van der Waals surface area contributed by atoms with Crippen molar-refractivity contribution in [3.05, 3.63) is 83.9 Å². The monoisotopic (exact) mass is 523 g/mol. The van der Waals surface area contributed by atoms with Crippen molar-refractivity contribution in [2.24, 2.45) is 0 Å². The number of unbranched alkanes of at least 4 members (excludes halogenated alkanes) is 1. The van der Waals surface area contributed by atoms with Crippen molar-refractivity contribution >= 4 is 33.2 Å². The number of nitrogens with zero attached hydrogens (tertiary/aromatic N) is 1. The van der Waals surface area contributed by atoms with E-state index in [1.165, 1.54) is 12.1 Å². The van der Waals surface area contributed by atoms with Crippen LogP contribution in [-0.4, -0.2) is 39.9 Å². The van der Waals surface area contributed by atoms with Gasteiger partial charge in [-0.05, 0) is 56.7 Å². The highest BCUT2D eigenvalue weighted by atomic mass is 32.2. The third kappa shape index (κ3) is 7.10. The lowest BCUT2D eigenvalue weighted by Crippen LogP contribution is -2.38. The van der Waals surface area contributed by atoms with Crippen molar-refractivity contribution < 1.29 is 22.7 Å². The number of para-hydroxylation sites is 3. The van der Waals surface area contributed by atoms with Gasteiger partial charge in [0.15, 0.2) is 0 Å². The second-order valence-corrected chi connectivity index (χ2v) is 10.3. The molecule has 37 heavy (non-hydrogen) atoms. The number of nitrogens with one attached hydrogen (secondary N) is 2. The molecular formula is C28H33N3O5S. The molecule has 8 nitrogen and oxygen atoms in total. The molecule has 2 N–H and O–H groups in total. The number of aryl methyl sites for hydroxylation is 1. The van der Waals surface area contributed by atoms with E-state index in [4.69, 9.17) is 4.74 Å². The van der Waals surface area contributed by atoms with Gasteiger partial charge in [-0.25, -0.2) is 8.42 Å². The van der Waals surface area contributed by atoms with Gasteiger partial charge in [-0.2, -0.15) is 0 Å². The van der Waals surface area contributed by atoms with Crippen molar-refractivity contribution in [1.82, 2.24) is 5.32 Å². The Morgan fingerprint density at radius 1 is 0.919 bits per heavy atom. The van der Waals surface area contributed by atoms with Gasteiger partial charge in [0.2, 0.25) is 5.91 Å². The maximum Gasteiger partial charge on any atom is 0.264 e. The molecule has 196 valence electrons. The predicted molar refractivity (Wildman–Crippen MR) is 146 cm³/mol. The maximum atomic E-state index is 13.7. The Labute approximate surface area is 218 Å². The minimum Gasteiger partial charge on any atom is -0.492 e. The molecule has 0 aliphatic heterocycles. The first kappa shape index (κ1) is 27.7. The van der Waals surface area contributed by atoms with E-state index >= 15 is 0 Å². The highest BCUT2D eigenvalue weighted by Crippen LogP contribution is 2.32. The quantitative estimate of drug-likeness (QED) is 0.333. The Morgan fingerprint density at radius 2 is 1.59 bits per heavy atom. The van der Waals surface area contributed by atoms with E-state index in [1.807, 2.05) is 13.8 Å². The Balaban J connectivity index is 1.94. The molecule has 0 aromatic heterocycles. The van der Waals surface area contributed by atoms with Crippen LogP contribution < -0.4 is 19.7 Å². The van der Waals surface area contributed by atoms with E-state index < -0.39 is 22.5 Å². The number of anilines is 2. The average molecular weight is 524 g/mol. The fourth-order valence-corrected chi connectivity index (χ4v) is 5.09. The Morgan fingerprint density at radius 3 is 2.30 bits per heavy atom. The highest BCUT2D eigenvalue weighted by molar-refractivity contribution is 7.92. The zero-order valence-electron chi connectivity index (χ0n) is 21.4. The average Bonchev–Trinajstić information content (AvgIpc) is 2.88. The lowest BCUT2D eigenvalue weighted by atomic mass is 10.1. The van der Waals surface area contributed by atoms with Crippen molar-refractivity contribution in [1.29, 1.82) is 0 Å². The molecule has 0 spiro atoms. The topological polar surface area (TPSA) is 105 Å². The fourth-order valence-electron chi connectivity index (χ4n) is 3.66. The zero-order valence-corrected chi connectivity index (χ0v) is 22.2. The number of benzene rings is 3. The van der Waals surface area contributed by atoms with Gasteiger partial charge in [0, 0.05) is 6.54 Å². The van der Waals surface area contributed by atoms with Crippen LogP contribution in [0.15, 0.2) is 77.7 Å². The summed E-state index contributed by atoms with van der Waals surface area (Å²) in [6.45, 7) is 6.01. The number of sulfonamides is 1. The summed E-state index contributed by atoms with van der Waals surface area (Å²) in [7, 11) is -4.13. The van der Waals surface area contributed by atoms with Crippen LogP contribution in [0.4, 0.5) is 11.4 Å². The minimum absolute atomic E-state index is 0.0490. The molecule has 0 radical (unpaired) electrons. The van der Waals surface area contributed by atoms with Crippen molar-refractivity contribution in [2.45, 2.75) is 38.5 Å². The Hall–Kier alpha value is -3.85. The second-order valence-electron chi connectivity index (χ2n) is 8.43. The lowest BCUT2D eigenvalue weighted by molar-refractivity contribution is -0.114. The normalized spacial score (nSPS) is 11.0. The Kier molecular flexibility index (Phi) is 9.68. The van der Waals surface area contributed by atoms with Crippen LogP contribution in [0.25, 0.3) is 0 Å². The number of ether oxygens (including phenoxy) is 1. The number of amides is 2. The van der Waals surface area contributed by atoms with Crippen molar-refractivity contribution in [2.75, 3.05) is 29.3 Å². The van der Waals surface area contributed by atoms with Gasteiger partial charge >= 0.3 is 0 Å². The van der Waals surface area contributed by atoms with Gasteiger partial charge in [-0.15, -0.1) is 0 Å². The Bertz CT molecular complexity index is 1320. The van der Waals surface area contributed by atoms with E-state index in [1.54, 1.807) is 67.6 Å². The summed E-state index contributed by atoms with van der Waals surface area (Å²) in [5.41, 5.74) is 1.75. The molecule has 0 aliphatic rings. The molecule has 0 atom stereocenters. The molecule has 0 saturated carbocycles. The molecule has 0 heterocycles. The number of hydrogen-bond acceptors (Lipinski definition) is 5. The van der Waals surface area contributed by atoms with E-state index in [-0.39, 0.29) is 16.5 Å². The summed E-state index contributed by atoms with van der Waals surface area (Å²) >= 11 is 0. The summed E-state index contributed by atoms with van der Waals surface area (Å²) in [6.07, 6.45) is 1.78. The standard InChI is InChI=1S/C28H33N3O5S/c1-4-6-19-29-28(33)23-11-7-8-12-24(23)30-27(32)20-31(25-13-9-10-14-26(25)36-5-2)37(34,35)22-17-15-21(3)16-18-22/h7-18H,4-6,19-20H2,1-3H3,(H,29,33)(H,30,32). The first-order valence-electron chi connectivity index (χ1n) is 12.3. The van der Waals surface area contributed by atoms with Crippen LogP contribution in [0.2, 0.25) is 0 Å². The predicted octanol–water partition coefficient (Wildman–Crippen LogP) is 4.76. The summed E-state index contributed by atoms with van der Waals surface area (Å²) < 4.78 is 34.2. The van der Waals surface area contributed by atoms with Crippen LogP contribution in [0.1, 0.15) is 42.6 Å². The summed E-state index contributed by atoms with van der Waals surface area (Å²) in [5.74, 6) is -0.574. The van der Waals surface area contributed by atoms with Crippen molar-refractivity contribution in [3.8, 4) is 5.75 Å². The number of carbonyl (C=O) groups excluding carboxylic acids is 2. The first-order chi connectivity index (χ1) is 17.8. The second kappa shape index (κ2) is 12.9. The van der Waals surface area contributed by atoms with Gasteiger partial charge in [0.25, 0.3) is 15.9 Å². The fraction of sp³-hybridized carbons (Fsp3) is 0.286. The van der Waals surface area contributed by atoms with Gasteiger partial charge in [-0.3, -0.25) is 13.9 Å². The molecule has 0 unspecified atom stereocenters. The van der Waals surface area contributed by atoms with Crippen LogP contribution >= 0.6 is 0 Å². The summed E-state index contributed by atoms with van der Waals surface area (Å²) in [6, 6.07) is 19.7. The summed E-state index contributed by atoms with van der Waals surface area (Å²) in [5, 5.41) is 5.56. The van der Waals surface area contributed by atoms with Gasteiger partial charge in [0.1, 0.15) is 12.3 Å². The smallest absolute Gasteiger partial charge is 0.264 e. The molecule has 9 heteroatoms. The third-order valence-corrected chi connectivity index (χ3v) is 7.37. The van der Waals surface area contributed by atoms with E-state index in [0.717, 1.165) is 22.7 Å². The zero-order chi connectivity index (χ0) is 26.8. The highest BCUT2D eigenvalue weighted by Gasteiger charge is 2.29. The number of rotatable bonds is 12. The largest absolute Gasteiger partial charge is 0.492 e. The molecule has 0 fully saturated rings. The van der Waals surface area contributed by atoms with Gasteiger partial charge in [0.05, 0.1) is 28.4 Å². The molecule has 3 rings (SSSR count). The molecule has 0 saturated heterocycles. The third-order valence-electron chi connectivity index (χ3n) is 5.59. The molecule has 0 bridgehead atoms. The van der Waals surface area contributed by atoms with Crippen LogP contribution in [-0.2, 0) is 14.8 Å². The SMILES string of the molecule is CCCCNC(=O)c1ccccc1NC(=O)CN(c1ccccc1OCC)S(=O)(=O)c1ccc(C)cc1. The van der Waals surface area contributed by atoms with Gasteiger partial charge < -0.3 is 15.4 Å². The summed E-state index contributed by atoms with van der Waals surface area (Å²) in [4.78, 5) is 26.0. The van der Waals surface area contributed by atoms with Crippen LogP contribution in [0, 0.1) is 6.92 Å². The first-order valence-corrected chi connectivity index (χ1v) is 13.7. The molecule has 0 aliphatic carbocycles. The van der Waals surface area contributed by atoms with E-state index in [9.17, 15) is 18.0 Å². The van der Waals surface area contributed by atoms with Crippen LogP contribution in [0.5, 0.6) is 5.75 Å². The van der Waals surface area contributed by atoms with Crippen molar-refractivity contribution in [3.63, 3.8) is 0 Å². The molecule has 2 amide bonds. The number of carbonyl (C=O) groups is 2. The van der Waals surface area contributed by atoms with Crippen LogP contribution in [0.3, 0.4) is 0 Å². The van der Waals surface area contributed by atoms with E-state index in [2.05, 4.69) is 10.6 Å². The minimum atomic E-state index is -4.13. The molecule has 3 aromatic carbocycles. The maximum absolute atomic E-state index is 13.7. The number of hydrogen-bond donors (Lipinski definition) is 2. The molecular weight excluding hydrogens is 490 g/mol. The van der Waals surface area contributed by atoms with E-state index in [0.29, 0.717) is 30.2 Å².